The molecule has 0 spiro atoms. The number of sulfonamides is 1. The molecular formula is C25H21ClN4O3S. The van der Waals surface area contributed by atoms with Gasteiger partial charge in [0.15, 0.2) is 0 Å². The Morgan fingerprint density at radius 2 is 1.88 bits per heavy atom. The van der Waals surface area contributed by atoms with E-state index in [1.54, 1.807) is 42.5 Å². The summed E-state index contributed by atoms with van der Waals surface area (Å²) in [5.41, 5.74) is 4.87. The number of nitrogens with two attached hydrogens (primary N) is 1. The van der Waals surface area contributed by atoms with Crippen LogP contribution in [0.15, 0.2) is 76.4 Å². The Balaban J connectivity index is 2.06. The van der Waals surface area contributed by atoms with Crippen LogP contribution >= 0.6 is 11.6 Å². The molecule has 0 bridgehead atoms. The van der Waals surface area contributed by atoms with Crippen molar-refractivity contribution in [3.05, 3.63) is 99.1 Å². The van der Waals surface area contributed by atoms with Crippen LogP contribution in [0.2, 0.25) is 5.02 Å². The number of para-hydroxylation sites is 1. The summed E-state index contributed by atoms with van der Waals surface area (Å²) in [7, 11) is -4.08. The molecule has 0 saturated heterocycles. The van der Waals surface area contributed by atoms with Gasteiger partial charge in [0.2, 0.25) is 10.0 Å². The first kappa shape index (κ1) is 23.5. The van der Waals surface area contributed by atoms with Gasteiger partial charge < -0.3 is 0 Å². The largest absolute Gasteiger partial charge is 0.290 e. The van der Waals surface area contributed by atoms with Crippen LogP contribution in [0.1, 0.15) is 29.3 Å². The second-order valence-electron chi connectivity index (χ2n) is 7.80. The number of halogens is 1. The monoisotopic (exact) mass is 492 g/mol. The molecule has 172 valence electrons. The van der Waals surface area contributed by atoms with Crippen molar-refractivity contribution >= 4 is 38.2 Å². The highest BCUT2D eigenvalue weighted by Gasteiger charge is 2.27. The van der Waals surface area contributed by atoms with Crippen LogP contribution in [0.25, 0.3) is 10.9 Å². The number of primary sulfonamides is 1. The zero-order chi connectivity index (χ0) is 24.5. The molecule has 4 aromatic rings. The van der Waals surface area contributed by atoms with Gasteiger partial charge in [-0.3, -0.25) is 10.2 Å². The molecule has 0 radical (unpaired) electrons. The smallest absolute Gasteiger partial charge is 0.280 e. The molecule has 1 heterocycles. The van der Waals surface area contributed by atoms with Crippen LogP contribution in [0.3, 0.4) is 0 Å². The summed E-state index contributed by atoms with van der Waals surface area (Å²) in [6.45, 7) is 1.83. The van der Waals surface area contributed by atoms with Crippen LogP contribution in [0.5, 0.6) is 0 Å². The van der Waals surface area contributed by atoms with Gasteiger partial charge in [-0.1, -0.05) is 47.5 Å². The Bertz CT molecular complexity index is 1590. The maximum Gasteiger partial charge on any atom is 0.280 e. The van der Waals surface area contributed by atoms with Gasteiger partial charge in [0.05, 0.1) is 27.4 Å². The van der Waals surface area contributed by atoms with E-state index in [2.05, 4.69) is 11.3 Å². The van der Waals surface area contributed by atoms with E-state index in [1.165, 1.54) is 10.7 Å². The average Bonchev–Trinajstić information content (AvgIpc) is 2.79. The van der Waals surface area contributed by atoms with Gasteiger partial charge in [-0.2, -0.15) is 0 Å². The zero-order valence-electron chi connectivity index (χ0n) is 18.2. The number of fused-ring (bicyclic) bond motifs is 1. The third-order valence-corrected chi connectivity index (χ3v) is 6.57. The van der Waals surface area contributed by atoms with Crippen molar-refractivity contribution in [1.29, 1.82) is 0 Å². The van der Waals surface area contributed by atoms with Gasteiger partial charge in [0, 0.05) is 11.4 Å². The molecule has 9 heteroatoms. The number of aromatic nitrogens is 2. The van der Waals surface area contributed by atoms with E-state index in [-0.39, 0.29) is 22.7 Å². The number of anilines is 1. The first-order valence-corrected chi connectivity index (χ1v) is 12.2. The number of nitrogens with zero attached hydrogens (tertiary/aromatic N) is 2. The number of aryl methyl sites for hydroxylation is 1. The molecule has 3 aromatic carbocycles. The minimum atomic E-state index is -4.08. The van der Waals surface area contributed by atoms with Crippen LogP contribution < -0.4 is 16.1 Å². The summed E-state index contributed by atoms with van der Waals surface area (Å²) in [5.74, 6) is 2.06. The van der Waals surface area contributed by atoms with Crippen molar-refractivity contribution in [2.24, 2.45) is 5.14 Å². The number of hydrogen-bond acceptors (Lipinski definition) is 5. The van der Waals surface area contributed by atoms with E-state index in [4.69, 9.17) is 28.1 Å². The molecule has 3 N–H and O–H groups in total. The van der Waals surface area contributed by atoms with Gasteiger partial charge in [0.25, 0.3) is 5.56 Å². The minimum Gasteiger partial charge on any atom is -0.290 e. The maximum absolute atomic E-state index is 13.6. The standard InChI is InChI=1S/C25H21ClN4O3S/c1-3-7-19(21-14-16(2)10-13-23(21)34(27,32)33)24-28-22-15-17(26)11-12-20(22)25(31)30(24)29-18-8-5-4-6-9-18/h1,4-6,8-15,19,29H,7H2,2H3,(H2,27,32,33)/t19-/m1/s1. The van der Waals surface area contributed by atoms with Crippen LogP contribution in [0.4, 0.5) is 5.69 Å². The summed E-state index contributed by atoms with van der Waals surface area (Å²) in [6, 6.07) is 18.6. The van der Waals surface area contributed by atoms with Crippen molar-refractivity contribution < 1.29 is 8.42 Å². The van der Waals surface area contributed by atoms with Crippen molar-refractivity contribution in [3.8, 4) is 12.3 Å². The molecule has 7 nitrogen and oxygen atoms in total. The molecule has 0 aliphatic heterocycles. The topological polar surface area (TPSA) is 107 Å². The third-order valence-electron chi connectivity index (χ3n) is 5.35. The Labute approximate surface area is 202 Å². The lowest BCUT2D eigenvalue weighted by atomic mass is 9.93. The molecule has 4 rings (SSSR count). The van der Waals surface area contributed by atoms with Crippen LogP contribution in [0, 0.1) is 19.3 Å². The van der Waals surface area contributed by atoms with Crippen molar-refractivity contribution in [2.75, 3.05) is 5.43 Å². The van der Waals surface area contributed by atoms with E-state index >= 15 is 0 Å². The van der Waals surface area contributed by atoms with E-state index in [9.17, 15) is 13.2 Å². The summed E-state index contributed by atoms with van der Waals surface area (Å²) in [5, 5.41) is 6.27. The van der Waals surface area contributed by atoms with Crippen molar-refractivity contribution in [1.82, 2.24) is 9.66 Å². The van der Waals surface area contributed by atoms with Gasteiger partial charge in [-0.15, -0.1) is 12.3 Å². The fourth-order valence-electron chi connectivity index (χ4n) is 3.82. The van der Waals surface area contributed by atoms with E-state index in [0.29, 0.717) is 27.2 Å². The minimum absolute atomic E-state index is 0.0704. The summed E-state index contributed by atoms with van der Waals surface area (Å²) >= 11 is 6.16. The molecule has 0 fully saturated rings. The number of nitrogens with one attached hydrogen (secondary N) is 1. The highest BCUT2D eigenvalue weighted by atomic mass is 35.5. The molecule has 0 saturated carbocycles. The number of terminal acetylenes is 1. The van der Waals surface area contributed by atoms with Gasteiger partial charge in [-0.05, 0) is 48.9 Å². The van der Waals surface area contributed by atoms with E-state index in [0.717, 1.165) is 5.56 Å². The zero-order valence-corrected chi connectivity index (χ0v) is 19.8. The van der Waals surface area contributed by atoms with Crippen LogP contribution in [-0.2, 0) is 10.0 Å². The Hall–Kier alpha value is -3.64. The lowest BCUT2D eigenvalue weighted by Crippen LogP contribution is -2.33. The molecule has 34 heavy (non-hydrogen) atoms. The first-order chi connectivity index (χ1) is 16.2. The van der Waals surface area contributed by atoms with Gasteiger partial charge in [-0.25, -0.2) is 23.2 Å². The lowest BCUT2D eigenvalue weighted by Gasteiger charge is -2.23. The molecule has 0 unspecified atom stereocenters. The molecule has 0 aliphatic carbocycles. The number of rotatable bonds is 6. The second-order valence-corrected chi connectivity index (χ2v) is 9.76. The van der Waals surface area contributed by atoms with E-state index < -0.39 is 15.9 Å². The van der Waals surface area contributed by atoms with Crippen molar-refractivity contribution in [2.45, 2.75) is 24.2 Å². The number of hydrogen-bond donors (Lipinski definition) is 2. The normalized spacial score (nSPS) is 12.3. The van der Waals surface area contributed by atoms with Gasteiger partial charge >= 0.3 is 0 Å². The Kier molecular flexibility index (Phi) is 6.44. The molecule has 1 atom stereocenters. The summed E-state index contributed by atoms with van der Waals surface area (Å²) < 4.78 is 26.1. The Morgan fingerprint density at radius 1 is 1.15 bits per heavy atom. The molecule has 1 aromatic heterocycles. The highest BCUT2D eigenvalue weighted by Crippen LogP contribution is 2.32. The van der Waals surface area contributed by atoms with Crippen LogP contribution in [-0.4, -0.2) is 18.1 Å². The fraction of sp³-hybridized carbons (Fsp3) is 0.120. The summed E-state index contributed by atoms with van der Waals surface area (Å²) in [6.07, 6.45) is 5.76. The average molecular weight is 493 g/mol. The highest BCUT2D eigenvalue weighted by molar-refractivity contribution is 7.89. The number of benzene rings is 3. The maximum atomic E-state index is 13.6. The molecule has 0 amide bonds. The fourth-order valence-corrected chi connectivity index (χ4v) is 4.77. The SMILES string of the molecule is C#CC[C@H](c1cc(C)ccc1S(N)(=O)=O)c1nc2cc(Cl)ccc2c(=O)n1Nc1ccccc1. The predicted octanol–water partition coefficient (Wildman–Crippen LogP) is 4.04. The third kappa shape index (κ3) is 4.68. The molecule has 0 aliphatic rings. The Morgan fingerprint density at radius 3 is 2.56 bits per heavy atom. The second kappa shape index (κ2) is 9.31. The lowest BCUT2D eigenvalue weighted by molar-refractivity contribution is 0.594. The van der Waals surface area contributed by atoms with E-state index in [1.807, 2.05) is 25.1 Å². The predicted molar refractivity (Wildman–Crippen MR) is 134 cm³/mol. The first-order valence-electron chi connectivity index (χ1n) is 10.3. The van der Waals surface area contributed by atoms with Crippen molar-refractivity contribution in [3.63, 3.8) is 0 Å². The molecular weight excluding hydrogens is 472 g/mol. The summed E-state index contributed by atoms with van der Waals surface area (Å²) in [4.78, 5) is 18.2. The van der Waals surface area contributed by atoms with Gasteiger partial charge in [0.1, 0.15) is 5.82 Å². The quantitative estimate of drug-likeness (QED) is 0.395.